The lowest BCUT2D eigenvalue weighted by Crippen LogP contribution is -2.24. The van der Waals surface area contributed by atoms with Crippen molar-refractivity contribution >= 4 is 23.3 Å². The van der Waals surface area contributed by atoms with Gasteiger partial charge in [-0.3, -0.25) is 4.79 Å². The van der Waals surface area contributed by atoms with Crippen LogP contribution in [0.4, 0.5) is 5.82 Å². The zero-order valence-corrected chi connectivity index (χ0v) is 15.4. The molecule has 0 saturated carbocycles. The topological polar surface area (TPSA) is 66.9 Å². The molecule has 2 aromatic carbocycles. The second kappa shape index (κ2) is 8.96. The summed E-state index contributed by atoms with van der Waals surface area (Å²) in [5.41, 5.74) is 1.96. The predicted octanol–water partition coefficient (Wildman–Crippen LogP) is 4.32. The van der Waals surface area contributed by atoms with Gasteiger partial charge in [0.15, 0.2) is 5.82 Å². The third kappa shape index (κ3) is 4.92. The fraction of sp³-hybridized carbons (Fsp3) is 0.0952. The predicted molar refractivity (Wildman–Crippen MR) is 109 cm³/mol. The van der Waals surface area contributed by atoms with Crippen LogP contribution in [0.3, 0.4) is 0 Å². The highest BCUT2D eigenvalue weighted by Gasteiger charge is 2.13. The van der Waals surface area contributed by atoms with Crippen molar-refractivity contribution in [2.45, 2.75) is 6.54 Å². The fourth-order valence-electron chi connectivity index (χ4n) is 2.46. The molecule has 0 unspecified atom stereocenters. The summed E-state index contributed by atoms with van der Waals surface area (Å²) >= 11 is 6.15. The normalized spacial score (nSPS) is 10.3. The molecule has 0 spiro atoms. The first-order chi connectivity index (χ1) is 13.2. The highest BCUT2D eigenvalue weighted by atomic mass is 35.5. The molecule has 0 atom stereocenters. The number of carbonyl (C=O) groups excluding carboxylic acids is 1. The van der Waals surface area contributed by atoms with E-state index < -0.39 is 0 Å². The molecule has 2 N–H and O–H groups in total. The maximum atomic E-state index is 12.6. The van der Waals surface area contributed by atoms with E-state index in [4.69, 9.17) is 11.6 Å². The molecule has 0 aliphatic heterocycles. The van der Waals surface area contributed by atoms with E-state index in [9.17, 15) is 4.79 Å². The van der Waals surface area contributed by atoms with Gasteiger partial charge in [-0.1, -0.05) is 66.2 Å². The highest BCUT2D eigenvalue weighted by molar-refractivity contribution is 6.31. The molecule has 0 aliphatic carbocycles. The summed E-state index contributed by atoms with van der Waals surface area (Å²) < 4.78 is 0. The Kier molecular flexibility index (Phi) is 6.18. The second-order valence-electron chi connectivity index (χ2n) is 5.77. The van der Waals surface area contributed by atoms with Crippen LogP contribution in [-0.4, -0.2) is 22.4 Å². The quantitative estimate of drug-likeness (QED) is 0.601. The van der Waals surface area contributed by atoms with Gasteiger partial charge in [-0.2, -0.15) is 0 Å². The minimum absolute atomic E-state index is 0.280. The van der Waals surface area contributed by atoms with Gasteiger partial charge in [0.25, 0.3) is 5.91 Å². The lowest BCUT2D eigenvalue weighted by atomic mass is 10.2. The Morgan fingerprint density at radius 2 is 1.81 bits per heavy atom. The number of anilines is 1. The number of aromatic nitrogens is 2. The van der Waals surface area contributed by atoms with E-state index in [1.165, 1.54) is 0 Å². The van der Waals surface area contributed by atoms with Gasteiger partial charge in [0, 0.05) is 29.7 Å². The largest absolute Gasteiger partial charge is 0.366 e. The summed E-state index contributed by atoms with van der Waals surface area (Å²) in [6.07, 6.45) is 1.72. The molecule has 136 valence electrons. The van der Waals surface area contributed by atoms with E-state index in [1.54, 1.807) is 18.2 Å². The number of hydrogen-bond donors (Lipinski definition) is 2. The second-order valence-corrected chi connectivity index (χ2v) is 6.18. The number of halogens is 1. The van der Waals surface area contributed by atoms with E-state index in [-0.39, 0.29) is 11.6 Å². The first-order valence-corrected chi connectivity index (χ1v) is 8.86. The molecular formula is C21H19ClN4O. The van der Waals surface area contributed by atoms with Gasteiger partial charge >= 0.3 is 0 Å². The van der Waals surface area contributed by atoms with E-state index in [1.807, 2.05) is 48.5 Å². The Hall–Kier alpha value is -3.18. The molecule has 1 aromatic heterocycles. The number of nitrogens with zero attached hydrogens (tertiary/aromatic N) is 2. The van der Waals surface area contributed by atoms with Gasteiger partial charge in [-0.15, -0.1) is 6.58 Å². The number of amides is 1. The summed E-state index contributed by atoms with van der Waals surface area (Å²) in [6, 6.07) is 18.5. The SMILES string of the molecule is C=CCNc1cc(C(=O)NCc2ccccc2Cl)nc(-c2ccccc2)n1. The van der Waals surface area contributed by atoms with Crippen molar-refractivity contribution in [3.63, 3.8) is 0 Å². The Balaban J connectivity index is 1.85. The molecule has 0 bridgehead atoms. The molecule has 1 heterocycles. The summed E-state index contributed by atoms with van der Waals surface area (Å²) in [4.78, 5) is 21.6. The third-order valence-corrected chi connectivity index (χ3v) is 4.18. The fourth-order valence-corrected chi connectivity index (χ4v) is 2.66. The summed E-state index contributed by atoms with van der Waals surface area (Å²) in [6.45, 7) is 4.54. The molecule has 0 radical (unpaired) electrons. The van der Waals surface area contributed by atoms with Crippen LogP contribution in [0, 0.1) is 0 Å². The van der Waals surface area contributed by atoms with Crippen LogP contribution in [-0.2, 0) is 6.54 Å². The molecule has 0 fully saturated rings. The van der Waals surface area contributed by atoms with Crippen molar-refractivity contribution in [3.8, 4) is 11.4 Å². The van der Waals surface area contributed by atoms with Gasteiger partial charge in [0.2, 0.25) is 0 Å². The first-order valence-electron chi connectivity index (χ1n) is 8.48. The van der Waals surface area contributed by atoms with E-state index in [0.29, 0.717) is 29.8 Å². The van der Waals surface area contributed by atoms with Crippen LogP contribution in [0.1, 0.15) is 16.1 Å². The molecule has 3 aromatic rings. The molecule has 5 nitrogen and oxygen atoms in total. The van der Waals surface area contributed by atoms with Crippen LogP contribution in [0.25, 0.3) is 11.4 Å². The van der Waals surface area contributed by atoms with Gasteiger partial charge in [-0.25, -0.2) is 9.97 Å². The number of carbonyl (C=O) groups is 1. The van der Waals surface area contributed by atoms with Gasteiger partial charge < -0.3 is 10.6 Å². The van der Waals surface area contributed by atoms with Gasteiger partial charge in [0.05, 0.1) is 0 Å². The van der Waals surface area contributed by atoms with E-state index in [0.717, 1.165) is 11.1 Å². The zero-order valence-electron chi connectivity index (χ0n) is 14.7. The van der Waals surface area contributed by atoms with Crippen LogP contribution in [0.2, 0.25) is 5.02 Å². The standard InChI is InChI=1S/C21H19ClN4O/c1-2-12-23-19-13-18(25-20(26-19)15-8-4-3-5-9-15)21(27)24-14-16-10-6-7-11-17(16)22/h2-11,13H,1,12,14H2,(H,24,27)(H,23,25,26). The monoisotopic (exact) mass is 378 g/mol. The lowest BCUT2D eigenvalue weighted by Gasteiger charge is -2.10. The average Bonchev–Trinajstić information content (AvgIpc) is 2.72. The van der Waals surface area contributed by atoms with E-state index in [2.05, 4.69) is 27.2 Å². The number of nitrogens with one attached hydrogen (secondary N) is 2. The van der Waals surface area contributed by atoms with Gasteiger partial charge in [-0.05, 0) is 11.6 Å². The first kappa shape index (κ1) is 18.6. The zero-order chi connectivity index (χ0) is 19.1. The van der Waals surface area contributed by atoms with Crippen LogP contribution < -0.4 is 10.6 Å². The van der Waals surface area contributed by atoms with Crippen LogP contribution >= 0.6 is 11.6 Å². The maximum Gasteiger partial charge on any atom is 0.270 e. The molecule has 0 saturated heterocycles. The Labute approximate surface area is 163 Å². The Morgan fingerprint density at radius 3 is 2.56 bits per heavy atom. The molecule has 6 heteroatoms. The third-order valence-electron chi connectivity index (χ3n) is 3.82. The van der Waals surface area contributed by atoms with E-state index >= 15 is 0 Å². The molecule has 3 rings (SSSR count). The summed E-state index contributed by atoms with van der Waals surface area (Å²) in [5, 5.41) is 6.58. The van der Waals surface area contributed by atoms with Crippen molar-refractivity contribution in [1.29, 1.82) is 0 Å². The summed E-state index contributed by atoms with van der Waals surface area (Å²) in [7, 11) is 0. The van der Waals surface area contributed by atoms with Crippen molar-refractivity contribution in [1.82, 2.24) is 15.3 Å². The lowest BCUT2D eigenvalue weighted by molar-refractivity contribution is 0.0946. The number of hydrogen-bond acceptors (Lipinski definition) is 4. The average molecular weight is 379 g/mol. The molecule has 1 amide bonds. The summed E-state index contributed by atoms with van der Waals surface area (Å²) in [5.74, 6) is 0.746. The molecule has 0 aliphatic rings. The van der Waals surface area contributed by atoms with Crippen molar-refractivity contribution in [3.05, 3.63) is 89.6 Å². The minimum atomic E-state index is -0.295. The number of benzene rings is 2. The Bertz CT molecular complexity index is 944. The van der Waals surface area contributed by atoms with Crippen molar-refractivity contribution < 1.29 is 4.79 Å². The van der Waals surface area contributed by atoms with Crippen molar-refractivity contribution in [2.24, 2.45) is 0 Å². The van der Waals surface area contributed by atoms with Crippen LogP contribution in [0.5, 0.6) is 0 Å². The van der Waals surface area contributed by atoms with Crippen LogP contribution in [0.15, 0.2) is 73.3 Å². The highest BCUT2D eigenvalue weighted by Crippen LogP contribution is 2.18. The van der Waals surface area contributed by atoms with Gasteiger partial charge in [0.1, 0.15) is 11.5 Å². The molecule has 27 heavy (non-hydrogen) atoms. The Morgan fingerprint density at radius 1 is 1.07 bits per heavy atom. The molecular weight excluding hydrogens is 360 g/mol. The maximum absolute atomic E-state index is 12.6. The number of rotatable bonds is 7. The van der Waals surface area contributed by atoms with Crippen molar-refractivity contribution in [2.75, 3.05) is 11.9 Å². The minimum Gasteiger partial charge on any atom is -0.366 e. The smallest absolute Gasteiger partial charge is 0.270 e.